The lowest BCUT2D eigenvalue weighted by atomic mass is 9.83. The van der Waals surface area contributed by atoms with E-state index in [1.807, 2.05) is 26.8 Å². The second-order valence-electron chi connectivity index (χ2n) is 7.91. The van der Waals surface area contributed by atoms with Crippen LogP contribution in [-0.2, 0) is 4.74 Å². The third kappa shape index (κ3) is 3.69. The van der Waals surface area contributed by atoms with E-state index < -0.39 is 17.2 Å². The number of nitrogens with zero attached hydrogens (tertiary/aromatic N) is 1. The van der Waals surface area contributed by atoms with E-state index in [4.69, 9.17) is 9.47 Å². The summed E-state index contributed by atoms with van der Waals surface area (Å²) in [5.74, 6) is -2.02. The summed E-state index contributed by atoms with van der Waals surface area (Å²) in [5.41, 5.74) is 0.959. The van der Waals surface area contributed by atoms with Crippen molar-refractivity contribution in [1.29, 1.82) is 0 Å². The van der Waals surface area contributed by atoms with Gasteiger partial charge in [-0.3, -0.25) is 4.90 Å². The Morgan fingerprint density at radius 2 is 1.96 bits per heavy atom. The first-order chi connectivity index (χ1) is 12.2. The summed E-state index contributed by atoms with van der Waals surface area (Å²) in [6, 6.07) is 2.63. The lowest BCUT2D eigenvalue weighted by Crippen LogP contribution is -2.53. The third-order valence-corrected chi connectivity index (χ3v) is 4.83. The van der Waals surface area contributed by atoms with Gasteiger partial charge in [0, 0.05) is 6.04 Å². The van der Waals surface area contributed by atoms with Crippen LogP contribution in [0.2, 0.25) is 0 Å². The van der Waals surface area contributed by atoms with Crippen molar-refractivity contribution in [3.8, 4) is 5.75 Å². The lowest BCUT2D eigenvalue weighted by molar-refractivity contribution is 0.0000797. The number of carbonyl (C=O) groups is 1. The van der Waals surface area contributed by atoms with Gasteiger partial charge in [-0.15, -0.1) is 0 Å². The molecule has 26 heavy (non-hydrogen) atoms. The number of ether oxygens (including phenoxy) is 2. The number of hydrogen-bond acceptors (Lipinski definition) is 3. The topological polar surface area (TPSA) is 38.8 Å². The van der Waals surface area contributed by atoms with Gasteiger partial charge in [-0.25, -0.2) is 9.18 Å². The average Bonchev–Trinajstić information content (AvgIpc) is 2.54. The zero-order chi connectivity index (χ0) is 19.1. The third-order valence-electron chi connectivity index (χ3n) is 4.83. The Kier molecular flexibility index (Phi) is 4.95. The Morgan fingerprint density at radius 1 is 1.23 bits per heavy atom. The molecule has 6 heteroatoms. The number of piperidine rings is 1. The van der Waals surface area contributed by atoms with E-state index in [9.17, 15) is 13.6 Å². The van der Waals surface area contributed by atoms with Crippen LogP contribution in [0, 0.1) is 11.6 Å². The monoisotopic (exact) mass is 365 g/mol. The van der Waals surface area contributed by atoms with E-state index in [1.165, 1.54) is 19.2 Å². The maximum atomic E-state index is 13.9. The summed E-state index contributed by atoms with van der Waals surface area (Å²) in [5, 5.41) is 0. The first-order valence-corrected chi connectivity index (χ1v) is 8.95. The molecule has 0 radical (unpaired) electrons. The molecule has 4 nitrogen and oxygen atoms in total. The van der Waals surface area contributed by atoms with Crippen molar-refractivity contribution < 1.29 is 23.0 Å². The molecule has 0 saturated carbocycles. The second kappa shape index (κ2) is 6.89. The number of rotatable bonds is 2. The highest BCUT2D eigenvalue weighted by atomic mass is 19.2. The van der Waals surface area contributed by atoms with Crippen LogP contribution in [0.3, 0.4) is 0 Å². The van der Waals surface area contributed by atoms with E-state index >= 15 is 0 Å². The zero-order valence-electron chi connectivity index (χ0n) is 15.6. The first-order valence-electron chi connectivity index (χ1n) is 8.95. The number of hydrogen-bond donors (Lipinski definition) is 0. The van der Waals surface area contributed by atoms with Crippen molar-refractivity contribution in [2.24, 2.45) is 0 Å². The standard InChI is InChI=1S/C20H25F2NO3/c1-20(2,3)26-19(24)23-14-6-5-7-15(23)9-12(8-14)13-10-16(21)18(22)17(11-13)25-4/h8,10-11,14-15H,5-7,9H2,1-4H3. The van der Waals surface area contributed by atoms with Crippen LogP contribution >= 0.6 is 0 Å². The van der Waals surface area contributed by atoms with E-state index in [-0.39, 0.29) is 23.9 Å². The molecule has 0 aromatic heterocycles. The van der Waals surface area contributed by atoms with Gasteiger partial charge in [-0.1, -0.05) is 6.08 Å². The molecule has 1 amide bonds. The summed E-state index contributed by atoms with van der Waals surface area (Å²) >= 11 is 0. The minimum absolute atomic E-state index is 0.00251. The maximum Gasteiger partial charge on any atom is 0.411 e. The first kappa shape index (κ1) is 18.7. The Hall–Kier alpha value is -2.11. The van der Waals surface area contributed by atoms with Gasteiger partial charge in [0.05, 0.1) is 13.2 Å². The van der Waals surface area contributed by atoms with Gasteiger partial charge in [-0.05, 0) is 69.7 Å². The summed E-state index contributed by atoms with van der Waals surface area (Å²) in [6.45, 7) is 5.54. The van der Waals surface area contributed by atoms with E-state index in [2.05, 4.69) is 0 Å². The molecule has 142 valence electrons. The number of benzene rings is 1. The largest absolute Gasteiger partial charge is 0.494 e. The molecule has 1 aromatic rings. The van der Waals surface area contributed by atoms with Gasteiger partial charge in [0.25, 0.3) is 0 Å². The summed E-state index contributed by atoms with van der Waals surface area (Å²) < 4.78 is 38.1. The number of halogens is 2. The number of fused-ring (bicyclic) bond motifs is 2. The van der Waals surface area contributed by atoms with E-state index in [0.717, 1.165) is 24.8 Å². The van der Waals surface area contributed by atoms with Crippen LogP contribution in [0.25, 0.3) is 5.57 Å². The molecular weight excluding hydrogens is 340 g/mol. The molecule has 0 spiro atoms. The quantitative estimate of drug-likeness (QED) is 0.747. The SMILES string of the molecule is COc1cc(C2=CC3CCCC(C2)N3C(=O)OC(C)(C)C)cc(F)c1F. The molecule has 1 saturated heterocycles. The molecule has 2 aliphatic heterocycles. The highest BCUT2D eigenvalue weighted by Gasteiger charge is 2.39. The smallest absolute Gasteiger partial charge is 0.411 e. The Morgan fingerprint density at radius 3 is 2.58 bits per heavy atom. The van der Waals surface area contributed by atoms with Gasteiger partial charge >= 0.3 is 6.09 Å². The molecule has 1 aromatic carbocycles. The lowest BCUT2D eigenvalue weighted by Gasteiger charge is -2.45. The van der Waals surface area contributed by atoms with Crippen molar-refractivity contribution in [1.82, 2.24) is 4.90 Å². The number of carbonyl (C=O) groups excluding carboxylic acids is 1. The van der Waals surface area contributed by atoms with Gasteiger partial charge in [0.2, 0.25) is 5.82 Å². The van der Waals surface area contributed by atoms with Crippen LogP contribution in [-0.4, -0.2) is 35.8 Å². The Balaban J connectivity index is 1.91. The van der Waals surface area contributed by atoms with Gasteiger partial charge < -0.3 is 9.47 Å². The minimum Gasteiger partial charge on any atom is -0.494 e. The summed E-state index contributed by atoms with van der Waals surface area (Å²) in [6.07, 6.45) is 4.98. The van der Waals surface area contributed by atoms with Crippen LogP contribution in [0.4, 0.5) is 13.6 Å². The predicted octanol–water partition coefficient (Wildman–Crippen LogP) is 4.92. The molecule has 0 N–H and O–H groups in total. The molecular formula is C20H25F2NO3. The second-order valence-corrected chi connectivity index (χ2v) is 7.91. The predicted molar refractivity (Wildman–Crippen MR) is 95.0 cm³/mol. The van der Waals surface area contributed by atoms with Crippen molar-refractivity contribution in [2.75, 3.05) is 7.11 Å². The normalized spacial score (nSPS) is 22.7. The van der Waals surface area contributed by atoms with Crippen molar-refractivity contribution in [3.05, 3.63) is 35.4 Å². The highest BCUT2D eigenvalue weighted by Crippen LogP contribution is 2.39. The molecule has 3 rings (SSSR count). The van der Waals surface area contributed by atoms with Crippen molar-refractivity contribution in [3.63, 3.8) is 0 Å². The number of amides is 1. The van der Waals surface area contributed by atoms with Gasteiger partial charge in [0.15, 0.2) is 11.6 Å². The molecule has 0 aliphatic carbocycles. The molecule has 1 fully saturated rings. The van der Waals surface area contributed by atoms with Crippen LogP contribution < -0.4 is 4.74 Å². The van der Waals surface area contributed by atoms with Gasteiger partial charge in [-0.2, -0.15) is 4.39 Å². The highest BCUT2D eigenvalue weighted by molar-refractivity contribution is 5.75. The number of methoxy groups -OCH3 is 1. The Bertz CT molecular complexity index is 739. The summed E-state index contributed by atoms with van der Waals surface area (Å²) in [7, 11) is 1.32. The molecule has 2 unspecified atom stereocenters. The van der Waals surface area contributed by atoms with Crippen LogP contribution in [0.1, 0.15) is 52.0 Å². The van der Waals surface area contributed by atoms with Crippen LogP contribution in [0.5, 0.6) is 5.75 Å². The van der Waals surface area contributed by atoms with Crippen molar-refractivity contribution >= 4 is 11.7 Å². The molecule has 2 aliphatic rings. The van der Waals surface area contributed by atoms with Crippen molar-refractivity contribution in [2.45, 2.75) is 64.1 Å². The molecule has 2 atom stereocenters. The van der Waals surface area contributed by atoms with Crippen LogP contribution in [0.15, 0.2) is 18.2 Å². The fraction of sp³-hybridized carbons (Fsp3) is 0.550. The van der Waals surface area contributed by atoms with E-state index in [1.54, 1.807) is 4.90 Å². The minimum atomic E-state index is -0.983. The summed E-state index contributed by atoms with van der Waals surface area (Å²) in [4.78, 5) is 14.4. The van der Waals surface area contributed by atoms with Gasteiger partial charge in [0.1, 0.15) is 5.60 Å². The average molecular weight is 365 g/mol. The Labute approximate surface area is 152 Å². The molecule has 2 bridgehead atoms. The van der Waals surface area contributed by atoms with E-state index in [0.29, 0.717) is 12.0 Å². The fourth-order valence-corrected chi connectivity index (χ4v) is 3.74. The molecule has 2 heterocycles. The maximum absolute atomic E-state index is 13.9. The fourth-order valence-electron chi connectivity index (χ4n) is 3.74. The zero-order valence-corrected chi connectivity index (χ0v) is 15.6.